The average molecular weight is 479 g/mol. The van der Waals surface area contributed by atoms with E-state index >= 15 is 0 Å². The molecule has 5 atom stereocenters. The van der Waals surface area contributed by atoms with Crippen molar-refractivity contribution in [1.29, 1.82) is 0 Å². The van der Waals surface area contributed by atoms with Gasteiger partial charge in [0.1, 0.15) is 30.2 Å². The molecule has 0 amide bonds. The molecule has 0 aliphatic carbocycles. The first-order valence-electron chi connectivity index (χ1n) is 11.1. The zero-order valence-electron chi connectivity index (χ0n) is 18.5. The molecule has 2 aliphatic rings. The molecule has 2 aliphatic heterocycles. The second kappa shape index (κ2) is 8.72. The Labute approximate surface area is 201 Å². The maximum absolute atomic E-state index is 6.57. The first kappa shape index (κ1) is 21.6. The first-order valence-corrected chi connectivity index (χ1v) is 11.5. The maximum Gasteiger partial charge on any atom is 0.185 e. The number of rotatable bonds is 6. The summed E-state index contributed by atoms with van der Waals surface area (Å²) >= 11 is 6.25. The van der Waals surface area contributed by atoms with E-state index in [1.54, 1.807) is 6.33 Å². The molecule has 0 saturated carbocycles. The number of aromatic nitrogens is 4. The summed E-state index contributed by atoms with van der Waals surface area (Å²) in [6.45, 7) is 2.78. The Kier molecular flexibility index (Phi) is 5.55. The van der Waals surface area contributed by atoms with Gasteiger partial charge >= 0.3 is 0 Å². The van der Waals surface area contributed by atoms with Crippen LogP contribution in [0.1, 0.15) is 24.3 Å². The lowest BCUT2D eigenvalue weighted by atomic mass is 10.0. The fourth-order valence-electron chi connectivity index (χ4n) is 4.70. The third kappa shape index (κ3) is 3.68. The van der Waals surface area contributed by atoms with Crippen molar-refractivity contribution in [2.45, 2.75) is 43.9 Å². The summed E-state index contributed by atoms with van der Waals surface area (Å²) in [5, 5.41) is 0.287. The number of benzene rings is 2. The van der Waals surface area contributed by atoms with Crippen LogP contribution >= 0.6 is 11.6 Å². The standard InChI is InChI=1S/C25H23ClN4O4/c1-25(30-15-29-19-22(26)27-14-28-23(19)30)21-20(32-24(33-21)17-10-6-3-7-11-17)18(34-25)13-31-12-16-8-4-2-5-9-16/h2-11,14-15,18,20-21,24H,12-13H2,1H3/t18-,20-,21-,24?,25?/m1/s1. The van der Waals surface area contributed by atoms with Crippen LogP contribution in [0.2, 0.25) is 5.15 Å². The summed E-state index contributed by atoms with van der Waals surface area (Å²) in [5.74, 6) is 0. The van der Waals surface area contributed by atoms with E-state index in [4.69, 9.17) is 30.5 Å². The molecule has 2 unspecified atom stereocenters. The summed E-state index contributed by atoms with van der Waals surface area (Å²) in [4.78, 5) is 12.9. The van der Waals surface area contributed by atoms with Gasteiger partial charge in [-0.15, -0.1) is 0 Å². The van der Waals surface area contributed by atoms with E-state index in [2.05, 4.69) is 15.0 Å². The normalized spacial score (nSPS) is 28.4. The summed E-state index contributed by atoms with van der Waals surface area (Å²) in [5.41, 5.74) is 2.18. The van der Waals surface area contributed by atoms with Gasteiger partial charge in [0.15, 0.2) is 22.8 Å². The summed E-state index contributed by atoms with van der Waals surface area (Å²) < 4.78 is 27.3. The Hall–Kier alpha value is -2.88. The third-order valence-electron chi connectivity index (χ3n) is 6.37. The van der Waals surface area contributed by atoms with Crippen molar-refractivity contribution in [2.75, 3.05) is 6.61 Å². The number of ether oxygens (including phenoxy) is 4. The highest BCUT2D eigenvalue weighted by molar-refractivity contribution is 6.33. The Morgan fingerprint density at radius 3 is 2.56 bits per heavy atom. The zero-order chi connectivity index (χ0) is 23.1. The van der Waals surface area contributed by atoms with Crippen LogP contribution < -0.4 is 0 Å². The number of hydrogen-bond donors (Lipinski definition) is 0. The molecule has 2 saturated heterocycles. The molecule has 2 fully saturated rings. The van der Waals surface area contributed by atoms with E-state index in [0.717, 1.165) is 11.1 Å². The molecule has 0 bridgehead atoms. The molecule has 2 aromatic heterocycles. The van der Waals surface area contributed by atoms with Crippen molar-refractivity contribution in [3.05, 3.63) is 89.6 Å². The van der Waals surface area contributed by atoms with Crippen molar-refractivity contribution in [3.8, 4) is 0 Å². The van der Waals surface area contributed by atoms with E-state index in [1.807, 2.05) is 72.2 Å². The SMILES string of the molecule is CC1(n2cnc3c(Cl)ncnc32)O[C@H](COCc2ccccc2)[C@H]2OC(c3ccccc3)O[C@H]21. The summed E-state index contributed by atoms with van der Waals surface area (Å²) in [6.07, 6.45) is 1.44. The lowest BCUT2D eigenvalue weighted by molar-refractivity contribution is -0.198. The molecule has 0 radical (unpaired) electrons. The van der Waals surface area contributed by atoms with Crippen molar-refractivity contribution in [1.82, 2.24) is 19.5 Å². The molecular formula is C25H23ClN4O4. The van der Waals surface area contributed by atoms with Gasteiger partial charge in [0.2, 0.25) is 0 Å². The van der Waals surface area contributed by atoms with Crippen LogP contribution in [0.25, 0.3) is 11.2 Å². The third-order valence-corrected chi connectivity index (χ3v) is 6.64. The highest BCUT2D eigenvalue weighted by Crippen LogP contribution is 2.48. The fraction of sp³-hybridized carbons (Fsp3) is 0.320. The van der Waals surface area contributed by atoms with Gasteiger partial charge in [-0.05, 0) is 12.5 Å². The molecule has 4 aromatic rings. The van der Waals surface area contributed by atoms with E-state index in [1.165, 1.54) is 6.33 Å². The predicted octanol–water partition coefficient (Wildman–Crippen LogP) is 4.25. The molecule has 2 aromatic carbocycles. The number of nitrogens with zero attached hydrogens (tertiary/aromatic N) is 4. The molecule has 4 heterocycles. The lowest BCUT2D eigenvalue weighted by Gasteiger charge is -2.31. The Bertz CT molecular complexity index is 1290. The quantitative estimate of drug-likeness (QED) is 0.383. The van der Waals surface area contributed by atoms with Crippen molar-refractivity contribution < 1.29 is 18.9 Å². The van der Waals surface area contributed by atoms with Gasteiger partial charge in [-0.3, -0.25) is 4.57 Å². The topological polar surface area (TPSA) is 80.5 Å². The van der Waals surface area contributed by atoms with E-state index in [0.29, 0.717) is 24.4 Å². The minimum absolute atomic E-state index is 0.287. The molecule has 6 rings (SSSR count). The van der Waals surface area contributed by atoms with Crippen LogP contribution in [0.4, 0.5) is 0 Å². The van der Waals surface area contributed by atoms with Gasteiger partial charge in [-0.2, -0.15) is 0 Å². The van der Waals surface area contributed by atoms with E-state index in [-0.39, 0.29) is 17.4 Å². The first-order chi connectivity index (χ1) is 16.6. The van der Waals surface area contributed by atoms with E-state index in [9.17, 15) is 0 Å². The van der Waals surface area contributed by atoms with Crippen LogP contribution in [0.5, 0.6) is 0 Å². The fourth-order valence-corrected chi connectivity index (χ4v) is 4.88. The second-order valence-electron chi connectivity index (χ2n) is 8.56. The number of imidazole rings is 1. The van der Waals surface area contributed by atoms with Crippen molar-refractivity contribution in [3.63, 3.8) is 0 Å². The Morgan fingerprint density at radius 2 is 1.76 bits per heavy atom. The maximum atomic E-state index is 6.57. The van der Waals surface area contributed by atoms with Crippen LogP contribution in [-0.4, -0.2) is 44.4 Å². The average Bonchev–Trinajstić information content (AvgIpc) is 3.56. The lowest BCUT2D eigenvalue weighted by Crippen LogP contribution is -2.42. The Balaban J connectivity index is 1.31. The van der Waals surface area contributed by atoms with Crippen molar-refractivity contribution >= 4 is 22.8 Å². The monoisotopic (exact) mass is 478 g/mol. The van der Waals surface area contributed by atoms with Crippen LogP contribution in [0, 0.1) is 0 Å². The highest BCUT2D eigenvalue weighted by atomic mass is 35.5. The predicted molar refractivity (Wildman–Crippen MR) is 124 cm³/mol. The second-order valence-corrected chi connectivity index (χ2v) is 8.92. The minimum Gasteiger partial charge on any atom is -0.374 e. The number of fused-ring (bicyclic) bond motifs is 2. The van der Waals surface area contributed by atoms with Gasteiger partial charge in [0.05, 0.1) is 19.5 Å². The number of halogens is 1. The highest BCUT2D eigenvalue weighted by Gasteiger charge is 2.60. The molecule has 34 heavy (non-hydrogen) atoms. The molecule has 174 valence electrons. The van der Waals surface area contributed by atoms with Gasteiger partial charge < -0.3 is 18.9 Å². The largest absolute Gasteiger partial charge is 0.374 e. The molecule has 0 N–H and O–H groups in total. The van der Waals surface area contributed by atoms with Gasteiger partial charge in [0, 0.05) is 5.56 Å². The van der Waals surface area contributed by atoms with Crippen molar-refractivity contribution in [2.24, 2.45) is 0 Å². The minimum atomic E-state index is -0.943. The molecular weight excluding hydrogens is 456 g/mol. The summed E-state index contributed by atoms with van der Waals surface area (Å²) in [7, 11) is 0. The Morgan fingerprint density at radius 1 is 1.00 bits per heavy atom. The molecule has 0 spiro atoms. The van der Waals surface area contributed by atoms with E-state index < -0.39 is 18.1 Å². The number of hydrogen-bond acceptors (Lipinski definition) is 7. The van der Waals surface area contributed by atoms with Crippen LogP contribution in [0.3, 0.4) is 0 Å². The summed E-state index contributed by atoms with van der Waals surface area (Å²) in [6, 6.07) is 19.9. The smallest absolute Gasteiger partial charge is 0.185 e. The zero-order valence-corrected chi connectivity index (χ0v) is 19.2. The van der Waals surface area contributed by atoms with Gasteiger partial charge in [-0.25, -0.2) is 15.0 Å². The van der Waals surface area contributed by atoms with Gasteiger partial charge in [0.25, 0.3) is 0 Å². The molecule has 9 heteroatoms. The van der Waals surface area contributed by atoms with Gasteiger partial charge in [-0.1, -0.05) is 72.3 Å². The van der Waals surface area contributed by atoms with Crippen LogP contribution in [0.15, 0.2) is 73.3 Å². The van der Waals surface area contributed by atoms with Crippen LogP contribution in [-0.2, 0) is 31.3 Å². The molecule has 8 nitrogen and oxygen atoms in total.